The van der Waals surface area contributed by atoms with Gasteiger partial charge < -0.3 is 15.2 Å². The average Bonchev–Trinajstić information content (AvgIpc) is 3.06. The van der Waals surface area contributed by atoms with Gasteiger partial charge in [-0.1, -0.05) is 28.1 Å². The predicted octanol–water partition coefficient (Wildman–Crippen LogP) is 7.79. The molecule has 1 amide bonds. The Morgan fingerprint density at radius 2 is 1.72 bits per heavy atom. The molecule has 1 unspecified atom stereocenters. The Kier molecular flexibility index (Phi) is 12.0. The van der Waals surface area contributed by atoms with Crippen molar-refractivity contribution in [1.82, 2.24) is 14.8 Å². The third-order valence-electron chi connectivity index (χ3n) is 9.05. The molecule has 1 aliphatic heterocycles. The van der Waals surface area contributed by atoms with E-state index in [0.717, 1.165) is 18.3 Å². The number of benzene rings is 3. The highest BCUT2D eigenvalue weighted by atomic mass is 79.9. The second-order valence-corrected chi connectivity index (χ2v) is 14.0. The number of aryl methyl sites for hydroxylation is 2. The van der Waals surface area contributed by atoms with Crippen LogP contribution in [0.15, 0.2) is 70.1 Å². The van der Waals surface area contributed by atoms with Crippen LogP contribution in [-0.4, -0.2) is 58.6 Å². The number of hydrogen-bond acceptors (Lipinski definition) is 6. The second-order valence-electron chi connectivity index (χ2n) is 13.1. The Labute approximate surface area is 313 Å². The minimum atomic E-state index is -5.05. The van der Waals surface area contributed by atoms with Gasteiger partial charge in [-0.3, -0.25) is 23.9 Å². The van der Waals surface area contributed by atoms with Crippen molar-refractivity contribution >= 4 is 27.8 Å². The van der Waals surface area contributed by atoms with Crippen molar-refractivity contribution < 1.29 is 50.2 Å². The number of halogens is 8. The maximum Gasteiger partial charge on any atom is 0.416 e. The summed E-state index contributed by atoms with van der Waals surface area (Å²) in [6.07, 6.45) is -5.45. The maximum absolute atomic E-state index is 16.1. The number of alkyl halides is 5. The zero-order chi connectivity index (χ0) is 39.7. The molecule has 4 aromatic rings. The fourth-order valence-electron chi connectivity index (χ4n) is 6.54. The first kappa shape index (κ1) is 40.5. The van der Waals surface area contributed by atoms with Crippen molar-refractivity contribution in [3.05, 3.63) is 121 Å². The lowest BCUT2D eigenvalue weighted by Crippen LogP contribution is -2.56. The van der Waals surface area contributed by atoms with Gasteiger partial charge >= 0.3 is 12.1 Å². The number of aromatic nitrogens is 1. The molecule has 8 nitrogen and oxygen atoms in total. The summed E-state index contributed by atoms with van der Waals surface area (Å²) in [6.45, 7) is 2.97. The minimum absolute atomic E-state index is 0.0615. The summed E-state index contributed by atoms with van der Waals surface area (Å²) in [5.41, 5.74) is -2.63. The van der Waals surface area contributed by atoms with Gasteiger partial charge in [0.15, 0.2) is 0 Å². The third kappa shape index (κ3) is 8.97. The second kappa shape index (κ2) is 16.0. The van der Waals surface area contributed by atoms with Crippen LogP contribution >= 0.6 is 15.9 Å². The molecule has 0 radical (unpaired) electrons. The molecule has 0 spiro atoms. The Morgan fingerprint density at radius 1 is 1.02 bits per heavy atom. The highest BCUT2D eigenvalue weighted by molar-refractivity contribution is 9.10. The molecular weight excluding hydrogens is 791 g/mol. The number of phenols is 1. The van der Waals surface area contributed by atoms with E-state index in [1.54, 1.807) is 19.1 Å². The van der Waals surface area contributed by atoms with E-state index < -0.39 is 95.9 Å². The number of aromatic hydroxyl groups is 1. The number of hydrogen-bond donors (Lipinski definition) is 2. The lowest BCUT2D eigenvalue weighted by molar-refractivity contribution is -0.144. The van der Waals surface area contributed by atoms with Crippen molar-refractivity contribution in [3.63, 3.8) is 0 Å². The van der Waals surface area contributed by atoms with E-state index in [9.17, 15) is 41.4 Å². The Hall–Kier alpha value is -4.70. The van der Waals surface area contributed by atoms with Gasteiger partial charge in [0, 0.05) is 40.0 Å². The quantitative estimate of drug-likeness (QED) is 0.112. The molecule has 288 valence electrons. The average molecular weight is 827 g/mol. The number of esters is 1. The molecule has 1 saturated heterocycles. The molecule has 5 rings (SSSR count). The molecule has 0 aliphatic carbocycles. The van der Waals surface area contributed by atoms with Crippen molar-refractivity contribution in [2.75, 3.05) is 26.2 Å². The summed E-state index contributed by atoms with van der Waals surface area (Å²) in [5, 5.41) is 13.2. The van der Waals surface area contributed by atoms with Crippen LogP contribution in [0.25, 0.3) is 11.1 Å². The van der Waals surface area contributed by atoms with Crippen LogP contribution in [0.1, 0.15) is 58.8 Å². The van der Waals surface area contributed by atoms with E-state index in [1.807, 2.05) is 0 Å². The summed E-state index contributed by atoms with van der Waals surface area (Å²) in [4.78, 5) is 42.1. The molecular formula is C38H35BrF7N3O5. The SMILES string of the molecule is CCOC(=O)C[C@H](NC(=O)C(c1cc(Br)ccc1F)n1cc(CCN2CC(F)(F)C2)c(C(F)(F)F)cc1=O)c1cc(-c2c(C)cccc2O)cc(C)c1F. The summed E-state index contributed by atoms with van der Waals surface area (Å²) < 4.78 is 107. The number of carbonyl (C=O) groups is 2. The molecule has 0 bridgehead atoms. The van der Waals surface area contributed by atoms with Gasteiger partial charge in [0.25, 0.3) is 11.5 Å². The van der Waals surface area contributed by atoms with Crippen LogP contribution in [0.5, 0.6) is 5.75 Å². The van der Waals surface area contributed by atoms with Crippen LogP contribution in [-0.2, 0) is 26.9 Å². The first-order valence-corrected chi connectivity index (χ1v) is 17.5. The number of rotatable bonds is 12. The van der Waals surface area contributed by atoms with Gasteiger partial charge in [0.1, 0.15) is 23.4 Å². The Bertz CT molecular complexity index is 2110. The van der Waals surface area contributed by atoms with Crippen LogP contribution in [0.3, 0.4) is 0 Å². The number of amides is 1. The molecule has 2 heterocycles. The zero-order valence-corrected chi connectivity index (χ0v) is 30.8. The highest BCUT2D eigenvalue weighted by Gasteiger charge is 2.44. The zero-order valence-electron chi connectivity index (χ0n) is 29.2. The molecule has 16 heteroatoms. The molecule has 2 atom stereocenters. The summed E-state index contributed by atoms with van der Waals surface area (Å²) in [5.74, 6) is -7.10. The van der Waals surface area contributed by atoms with Crippen LogP contribution in [0.2, 0.25) is 0 Å². The number of likely N-dealkylation sites (tertiary alicyclic amines) is 1. The molecule has 2 N–H and O–H groups in total. The van der Waals surface area contributed by atoms with Gasteiger partial charge in [-0.15, -0.1) is 0 Å². The Morgan fingerprint density at radius 3 is 2.35 bits per heavy atom. The smallest absolute Gasteiger partial charge is 0.416 e. The van der Waals surface area contributed by atoms with Crippen LogP contribution in [0.4, 0.5) is 30.7 Å². The number of pyridine rings is 1. The number of ether oxygens (including phenoxy) is 1. The van der Waals surface area contributed by atoms with E-state index in [1.165, 1.54) is 43.0 Å². The van der Waals surface area contributed by atoms with Gasteiger partial charge in [-0.05, 0) is 85.8 Å². The normalized spacial score (nSPS) is 15.3. The van der Waals surface area contributed by atoms with Crippen LogP contribution < -0.4 is 10.9 Å². The topological polar surface area (TPSA) is 101 Å². The van der Waals surface area contributed by atoms with Gasteiger partial charge in [-0.2, -0.15) is 13.2 Å². The van der Waals surface area contributed by atoms with E-state index in [4.69, 9.17) is 4.74 Å². The van der Waals surface area contributed by atoms with Crippen molar-refractivity contribution in [1.29, 1.82) is 0 Å². The fourth-order valence-corrected chi connectivity index (χ4v) is 6.92. The molecule has 1 fully saturated rings. The highest BCUT2D eigenvalue weighted by Crippen LogP contribution is 2.38. The van der Waals surface area contributed by atoms with Crippen molar-refractivity contribution in [3.8, 4) is 16.9 Å². The lowest BCUT2D eigenvalue weighted by Gasteiger charge is -2.38. The van der Waals surface area contributed by atoms with Gasteiger partial charge in [-0.25, -0.2) is 17.6 Å². The summed E-state index contributed by atoms with van der Waals surface area (Å²) in [7, 11) is 0. The van der Waals surface area contributed by atoms with E-state index in [-0.39, 0.29) is 40.6 Å². The van der Waals surface area contributed by atoms with Crippen molar-refractivity contribution in [2.24, 2.45) is 0 Å². The van der Waals surface area contributed by atoms with E-state index in [0.29, 0.717) is 21.3 Å². The predicted molar refractivity (Wildman–Crippen MR) is 188 cm³/mol. The number of nitrogens with one attached hydrogen (secondary N) is 1. The standard InChI is InChI=1S/C38H35BrF7N3O5/c1-4-54-32(52)16-29(26-13-23(12-21(3)34(26)41)33-20(2)6-5-7-30(33)50)47-36(53)35(25-14-24(39)8-9-28(25)40)49-17-22(10-11-48-18-37(42,43)19-48)27(15-31(49)51)38(44,45)46/h5-9,12-15,17,29,35,50H,4,10-11,16,18-19H2,1-3H3,(H,47,53)/t29-,35?/m0/s1. The van der Waals surface area contributed by atoms with Gasteiger partial charge in [0.2, 0.25) is 5.91 Å². The fraction of sp³-hybridized carbons (Fsp3) is 0.342. The monoisotopic (exact) mass is 825 g/mol. The van der Waals surface area contributed by atoms with E-state index in [2.05, 4.69) is 21.2 Å². The molecule has 1 aromatic heterocycles. The molecule has 3 aromatic carbocycles. The number of carbonyl (C=O) groups excluding carboxylic acids is 2. The van der Waals surface area contributed by atoms with Gasteiger partial charge in [0.05, 0.1) is 37.7 Å². The maximum atomic E-state index is 16.1. The summed E-state index contributed by atoms with van der Waals surface area (Å²) in [6, 6.07) is 7.54. The lowest BCUT2D eigenvalue weighted by atomic mass is 9.92. The third-order valence-corrected chi connectivity index (χ3v) is 9.54. The summed E-state index contributed by atoms with van der Waals surface area (Å²) >= 11 is 3.19. The molecule has 0 saturated carbocycles. The molecule has 54 heavy (non-hydrogen) atoms. The van der Waals surface area contributed by atoms with Crippen molar-refractivity contribution in [2.45, 2.75) is 57.8 Å². The number of phenolic OH excluding ortho intramolecular Hbond substituents is 1. The largest absolute Gasteiger partial charge is 0.507 e. The molecule has 1 aliphatic rings. The Balaban J connectivity index is 1.65. The first-order valence-electron chi connectivity index (χ1n) is 16.7. The first-order chi connectivity index (χ1) is 25.3. The van der Waals surface area contributed by atoms with E-state index >= 15 is 8.78 Å². The van der Waals surface area contributed by atoms with Crippen LogP contribution in [0, 0.1) is 25.5 Å². The minimum Gasteiger partial charge on any atom is -0.507 e. The number of nitrogens with zero attached hydrogens (tertiary/aromatic N) is 2.